The van der Waals surface area contributed by atoms with Gasteiger partial charge in [0.1, 0.15) is 5.82 Å². The highest BCUT2D eigenvalue weighted by Crippen LogP contribution is 2.09. The molecule has 1 aliphatic rings. The lowest BCUT2D eigenvalue weighted by molar-refractivity contribution is 0.0367. The van der Waals surface area contributed by atoms with Crippen molar-refractivity contribution in [2.45, 2.75) is 32.9 Å². The average molecular weight is 354 g/mol. The summed E-state index contributed by atoms with van der Waals surface area (Å²) < 4.78 is 18.8. The van der Waals surface area contributed by atoms with Gasteiger partial charge in [0.25, 0.3) is 0 Å². The molecule has 6 heteroatoms. The number of halogens is 1. The first-order chi connectivity index (χ1) is 11.5. The van der Waals surface area contributed by atoms with Crippen molar-refractivity contribution in [3.8, 4) is 0 Å². The minimum atomic E-state index is -0.205. The van der Waals surface area contributed by atoms with Crippen LogP contribution in [0.25, 0.3) is 0 Å². The third-order valence-electron chi connectivity index (χ3n) is 3.97. The number of morpholine rings is 1. The van der Waals surface area contributed by atoms with Gasteiger partial charge < -0.3 is 15.0 Å². The van der Waals surface area contributed by atoms with Crippen molar-refractivity contribution in [3.63, 3.8) is 0 Å². The van der Waals surface area contributed by atoms with E-state index in [4.69, 9.17) is 17.0 Å². The first kappa shape index (κ1) is 19.1. The van der Waals surface area contributed by atoms with Crippen molar-refractivity contribution >= 4 is 17.3 Å². The molecule has 0 aliphatic carbocycles. The van der Waals surface area contributed by atoms with Gasteiger partial charge in [-0.2, -0.15) is 0 Å². The topological polar surface area (TPSA) is 27.7 Å². The second-order valence-electron chi connectivity index (χ2n) is 6.46. The fraction of sp³-hybridized carbons (Fsp3) is 0.611. The van der Waals surface area contributed by atoms with Gasteiger partial charge in [-0.25, -0.2) is 4.39 Å². The van der Waals surface area contributed by atoms with E-state index in [1.54, 1.807) is 12.1 Å². The lowest BCUT2D eigenvalue weighted by Gasteiger charge is -2.30. The van der Waals surface area contributed by atoms with Crippen LogP contribution in [-0.4, -0.2) is 60.3 Å². The molecular weight excluding hydrogens is 325 g/mol. The van der Waals surface area contributed by atoms with E-state index < -0.39 is 0 Å². The fourth-order valence-electron chi connectivity index (χ4n) is 2.76. The number of hydrogen-bond acceptors (Lipinski definition) is 3. The SMILES string of the molecule is CC(C)NC(=S)N(CCCN1CCOCC1)Cc1cccc(F)c1. The molecular formula is C18H28FN3OS. The van der Waals surface area contributed by atoms with Crippen LogP contribution in [0.1, 0.15) is 25.8 Å². The number of thiocarbonyl (C=S) groups is 1. The summed E-state index contributed by atoms with van der Waals surface area (Å²) in [6, 6.07) is 7.02. The van der Waals surface area contributed by atoms with Crippen LogP contribution >= 0.6 is 12.2 Å². The Kier molecular flexibility index (Phi) is 7.88. The number of benzene rings is 1. The first-order valence-electron chi connectivity index (χ1n) is 8.64. The minimum absolute atomic E-state index is 0.205. The van der Waals surface area contributed by atoms with E-state index >= 15 is 0 Å². The van der Waals surface area contributed by atoms with E-state index in [1.165, 1.54) is 6.07 Å². The Bertz CT molecular complexity index is 521. The molecule has 0 radical (unpaired) electrons. The first-order valence-corrected chi connectivity index (χ1v) is 9.05. The Morgan fingerprint density at radius 2 is 2.12 bits per heavy atom. The van der Waals surface area contributed by atoms with Crippen LogP contribution in [0.4, 0.5) is 4.39 Å². The van der Waals surface area contributed by atoms with Gasteiger partial charge in [-0.15, -0.1) is 0 Å². The van der Waals surface area contributed by atoms with Gasteiger partial charge in [0, 0.05) is 38.8 Å². The summed E-state index contributed by atoms with van der Waals surface area (Å²) in [6.07, 6.45) is 1.02. The summed E-state index contributed by atoms with van der Waals surface area (Å²) in [5.41, 5.74) is 0.939. The monoisotopic (exact) mass is 353 g/mol. The molecule has 0 aromatic heterocycles. The molecule has 1 heterocycles. The zero-order valence-corrected chi connectivity index (χ0v) is 15.4. The molecule has 1 fully saturated rings. The third-order valence-corrected chi connectivity index (χ3v) is 4.34. The van der Waals surface area contributed by atoms with Crippen LogP contribution in [0, 0.1) is 5.82 Å². The predicted octanol–water partition coefficient (Wildman–Crippen LogP) is 2.63. The maximum atomic E-state index is 13.4. The molecule has 0 atom stereocenters. The largest absolute Gasteiger partial charge is 0.379 e. The van der Waals surface area contributed by atoms with Crippen molar-refractivity contribution in [2.24, 2.45) is 0 Å². The van der Waals surface area contributed by atoms with Gasteiger partial charge in [-0.3, -0.25) is 4.90 Å². The van der Waals surface area contributed by atoms with Gasteiger partial charge >= 0.3 is 0 Å². The highest BCUT2D eigenvalue weighted by molar-refractivity contribution is 7.80. The molecule has 0 unspecified atom stereocenters. The van der Waals surface area contributed by atoms with Crippen LogP contribution < -0.4 is 5.32 Å². The molecule has 1 aliphatic heterocycles. The normalized spacial score (nSPS) is 15.5. The molecule has 2 rings (SSSR count). The van der Waals surface area contributed by atoms with Crippen molar-refractivity contribution < 1.29 is 9.13 Å². The van der Waals surface area contributed by atoms with Gasteiger partial charge in [0.2, 0.25) is 0 Å². The fourth-order valence-corrected chi connectivity index (χ4v) is 3.15. The molecule has 134 valence electrons. The van der Waals surface area contributed by atoms with E-state index in [0.717, 1.165) is 56.5 Å². The summed E-state index contributed by atoms with van der Waals surface area (Å²) >= 11 is 5.54. The average Bonchev–Trinajstić information content (AvgIpc) is 2.54. The van der Waals surface area contributed by atoms with E-state index in [-0.39, 0.29) is 11.9 Å². The Balaban J connectivity index is 1.90. The van der Waals surface area contributed by atoms with Gasteiger partial charge in [-0.05, 0) is 50.2 Å². The highest BCUT2D eigenvalue weighted by atomic mass is 32.1. The summed E-state index contributed by atoms with van der Waals surface area (Å²) in [5, 5.41) is 4.03. The summed E-state index contributed by atoms with van der Waals surface area (Å²) in [4.78, 5) is 4.55. The van der Waals surface area contributed by atoms with Gasteiger partial charge in [0.15, 0.2) is 5.11 Å². The van der Waals surface area contributed by atoms with E-state index in [1.807, 2.05) is 6.07 Å². The van der Waals surface area contributed by atoms with E-state index in [0.29, 0.717) is 6.54 Å². The molecule has 4 nitrogen and oxygen atoms in total. The smallest absolute Gasteiger partial charge is 0.169 e. The summed E-state index contributed by atoms with van der Waals surface area (Å²) in [7, 11) is 0. The minimum Gasteiger partial charge on any atom is -0.379 e. The van der Waals surface area contributed by atoms with Crippen molar-refractivity contribution in [1.82, 2.24) is 15.1 Å². The lowest BCUT2D eigenvalue weighted by Crippen LogP contribution is -2.44. The molecule has 1 saturated heterocycles. The summed E-state index contributed by atoms with van der Waals surface area (Å²) in [6.45, 7) is 10.3. The second-order valence-corrected chi connectivity index (χ2v) is 6.85. The van der Waals surface area contributed by atoms with E-state index in [9.17, 15) is 4.39 Å². The number of nitrogens with one attached hydrogen (secondary N) is 1. The van der Waals surface area contributed by atoms with Crippen LogP contribution in [0.15, 0.2) is 24.3 Å². The maximum Gasteiger partial charge on any atom is 0.169 e. The second kappa shape index (κ2) is 9.91. The molecule has 1 N–H and O–H groups in total. The number of ether oxygens (including phenoxy) is 1. The van der Waals surface area contributed by atoms with Crippen LogP contribution in [-0.2, 0) is 11.3 Å². The van der Waals surface area contributed by atoms with E-state index in [2.05, 4.69) is 29.0 Å². The van der Waals surface area contributed by atoms with Gasteiger partial charge in [0.05, 0.1) is 13.2 Å². The Morgan fingerprint density at radius 3 is 2.79 bits per heavy atom. The Labute approximate surface area is 150 Å². The van der Waals surface area contributed by atoms with Crippen LogP contribution in [0.2, 0.25) is 0 Å². The number of rotatable bonds is 7. The standard InChI is InChI=1S/C18H28FN3OS/c1-15(2)20-18(24)22(14-16-5-3-6-17(19)13-16)8-4-7-21-9-11-23-12-10-21/h3,5-6,13,15H,4,7-12,14H2,1-2H3,(H,20,24). The predicted molar refractivity (Wildman–Crippen MR) is 99.6 cm³/mol. The van der Waals surface area contributed by atoms with Gasteiger partial charge in [-0.1, -0.05) is 12.1 Å². The highest BCUT2D eigenvalue weighted by Gasteiger charge is 2.14. The Hall–Kier alpha value is -1.24. The maximum absolute atomic E-state index is 13.4. The lowest BCUT2D eigenvalue weighted by atomic mass is 10.2. The third kappa shape index (κ3) is 6.71. The molecule has 0 amide bonds. The zero-order valence-electron chi connectivity index (χ0n) is 14.6. The van der Waals surface area contributed by atoms with Crippen molar-refractivity contribution in [1.29, 1.82) is 0 Å². The molecule has 0 bridgehead atoms. The molecule has 0 spiro atoms. The quantitative estimate of drug-likeness (QED) is 0.761. The van der Waals surface area contributed by atoms with Crippen LogP contribution in [0.5, 0.6) is 0 Å². The Morgan fingerprint density at radius 1 is 1.38 bits per heavy atom. The molecule has 1 aromatic carbocycles. The molecule has 24 heavy (non-hydrogen) atoms. The zero-order chi connectivity index (χ0) is 17.4. The number of hydrogen-bond donors (Lipinski definition) is 1. The summed E-state index contributed by atoms with van der Waals surface area (Å²) in [5.74, 6) is -0.205. The van der Waals surface area contributed by atoms with Crippen molar-refractivity contribution in [2.75, 3.05) is 39.4 Å². The molecule has 0 saturated carbocycles. The van der Waals surface area contributed by atoms with Crippen LogP contribution in [0.3, 0.4) is 0 Å². The molecule has 1 aromatic rings. The van der Waals surface area contributed by atoms with Crippen molar-refractivity contribution in [3.05, 3.63) is 35.6 Å². The number of nitrogens with zero attached hydrogens (tertiary/aromatic N) is 2.